The van der Waals surface area contributed by atoms with Crippen LogP contribution in [0.2, 0.25) is 0 Å². The summed E-state index contributed by atoms with van der Waals surface area (Å²) in [6, 6.07) is 2.05. The Morgan fingerprint density at radius 1 is 1.24 bits per heavy atom. The van der Waals surface area contributed by atoms with Crippen LogP contribution >= 0.6 is 11.3 Å². The average molecular weight is 362 g/mol. The van der Waals surface area contributed by atoms with Crippen molar-refractivity contribution >= 4 is 28.9 Å². The molecule has 0 spiro atoms. The van der Waals surface area contributed by atoms with Crippen molar-refractivity contribution in [1.29, 1.82) is 0 Å². The van der Waals surface area contributed by atoms with E-state index in [0.29, 0.717) is 23.9 Å². The van der Waals surface area contributed by atoms with Gasteiger partial charge in [-0.15, -0.1) is 11.3 Å². The Labute approximate surface area is 152 Å². The third kappa shape index (κ3) is 4.69. The molecule has 1 saturated carbocycles. The van der Waals surface area contributed by atoms with Crippen molar-refractivity contribution in [3.63, 3.8) is 0 Å². The molecular weight excluding hydrogens is 336 g/mol. The van der Waals surface area contributed by atoms with Crippen LogP contribution in [0.5, 0.6) is 0 Å². The van der Waals surface area contributed by atoms with Crippen molar-refractivity contribution in [1.82, 2.24) is 10.2 Å². The Morgan fingerprint density at radius 3 is 2.60 bits per heavy atom. The Hall–Kier alpha value is -1.69. The summed E-state index contributed by atoms with van der Waals surface area (Å²) < 4.78 is 0. The van der Waals surface area contributed by atoms with Crippen molar-refractivity contribution in [3.05, 3.63) is 21.9 Å². The molecule has 1 N–H and O–H groups in total. The van der Waals surface area contributed by atoms with Gasteiger partial charge in [0.15, 0.2) is 5.78 Å². The largest absolute Gasteiger partial charge is 0.351 e. The molecule has 1 aliphatic carbocycles. The van der Waals surface area contributed by atoms with E-state index in [-0.39, 0.29) is 30.1 Å². The molecule has 3 rings (SSSR count). The molecule has 1 saturated heterocycles. The molecule has 6 heteroatoms. The van der Waals surface area contributed by atoms with Crippen LogP contribution in [0.3, 0.4) is 0 Å². The first-order chi connectivity index (χ1) is 12.0. The topological polar surface area (TPSA) is 66.5 Å². The molecule has 2 amide bonds. The van der Waals surface area contributed by atoms with E-state index in [1.54, 1.807) is 6.07 Å². The fourth-order valence-corrected chi connectivity index (χ4v) is 4.68. The zero-order valence-corrected chi connectivity index (χ0v) is 15.6. The third-order valence-corrected chi connectivity index (χ3v) is 6.23. The van der Waals surface area contributed by atoms with Gasteiger partial charge in [-0.2, -0.15) is 0 Å². The number of amides is 2. The van der Waals surface area contributed by atoms with Gasteiger partial charge in [0, 0.05) is 19.0 Å². The number of hydrogen-bond donors (Lipinski definition) is 1. The Morgan fingerprint density at radius 2 is 1.96 bits per heavy atom. The second kappa shape index (κ2) is 8.13. The van der Waals surface area contributed by atoms with Gasteiger partial charge in [-0.25, -0.2) is 0 Å². The molecule has 25 heavy (non-hydrogen) atoms. The van der Waals surface area contributed by atoms with Crippen LogP contribution in [-0.2, 0) is 16.0 Å². The van der Waals surface area contributed by atoms with E-state index < -0.39 is 0 Å². The number of ketones is 1. The number of thiophene rings is 1. The summed E-state index contributed by atoms with van der Waals surface area (Å²) in [7, 11) is 0. The summed E-state index contributed by atoms with van der Waals surface area (Å²) in [5.74, 6) is 0.122. The van der Waals surface area contributed by atoms with Crippen LogP contribution in [0.25, 0.3) is 0 Å². The molecule has 5 nitrogen and oxygen atoms in total. The zero-order valence-electron chi connectivity index (χ0n) is 14.8. The molecule has 1 aromatic rings. The molecule has 0 radical (unpaired) electrons. The van der Waals surface area contributed by atoms with Gasteiger partial charge in [-0.3, -0.25) is 14.4 Å². The first-order valence-corrected chi connectivity index (χ1v) is 10.1. The lowest BCUT2D eigenvalue weighted by Gasteiger charge is -2.27. The molecule has 1 unspecified atom stereocenters. The zero-order chi connectivity index (χ0) is 17.8. The molecule has 2 aliphatic rings. The predicted molar refractivity (Wildman–Crippen MR) is 97.8 cm³/mol. The van der Waals surface area contributed by atoms with Gasteiger partial charge < -0.3 is 10.2 Å². The van der Waals surface area contributed by atoms with E-state index in [1.165, 1.54) is 43.9 Å². The molecule has 136 valence electrons. The molecule has 1 aliphatic heterocycles. The second-order valence-corrected chi connectivity index (χ2v) is 8.12. The summed E-state index contributed by atoms with van der Waals surface area (Å²) in [5.41, 5.74) is 0.859. The van der Waals surface area contributed by atoms with Crippen molar-refractivity contribution in [3.8, 4) is 0 Å². The summed E-state index contributed by atoms with van der Waals surface area (Å²) in [6.07, 6.45) is 7.78. The van der Waals surface area contributed by atoms with Gasteiger partial charge in [0.05, 0.1) is 17.3 Å². The highest BCUT2D eigenvalue weighted by atomic mass is 32.1. The maximum Gasteiger partial charge on any atom is 0.225 e. The fraction of sp³-hybridized carbons (Fsp3) is 0.632. The maximum absolute atomic E-state index is 12.4. The van der Waals surface area contributed by atoms with Gasteiger partial charge >= 0.3 is 0 Å². The van der Waals surface area contributed by atoms with Crippen molar-refractivity contribution < 1.29 is 14.4 Å². The van der Waals surface area contributed by atoms with E-state index >= 15 is 0 Å². The number of nitrogens with zero attached hydrogens (tertiary/aromatic N) is 1. The van der Waals surface area contributed by atoms with E-state index in [0.717, 1.165) is 18.4 Å². The van der Waals surface area contributed by atoms with Crippen LogP contribution in [0, 0.1) is 0 Å². The predicted octanol–water partition coefficient (Wildman–Crippen LogP) is 2.93. The monoisotopic (exact) mass is 362 g/mol. The number of likely N-dealkylation sites (tertiary alicyclic amines) is 1. The quantitative estimate of drug-likeness (QED) is 0.647. The van der Waals surface area contributed by atoms with E-state index in [2.05, 4.69) is 5.32 Å². The summed E-state index contributed by atoms with van der Waals surface area (Å²) >= 11 is 1.37. The van der Waals surface area contributed by atoms with E-state index in [4.69, 9.17) is 0 Å². The lowest BCUT2D eigenvalue weighted by Crippen LogP contribution is -2.41. The maximum atomic E-state index is 12.4. The van der Waals surface area contributed by atoms with Gasteiger partial charge in [0.25, 0.3) is 0 Å². The first-order valence-electron chi connectivity index (χ1n) is 9.20. The van der Waals surface area contributed by atoms with Gasteiger partial charge in [-0.1, -0.05) is 25.7 Å². The molecule has 1 aromatic heterocycles. The van der Waals surface area contributed by atoms with Crippen LogP contribution in [0.4, 0.5) is 0 Å². The van der Waals surface area contributed by atoms with E-state index in [1.807, 2.05) is 10.3 Å². The lowest BCUT2D eigenvalue weighted by atomic mass is 10.1. The minimum absolute atomic E-state index is 0.0251. The highest BCUT2D eigenvalue weighted by Gasteiger charge is 2.35. The van der Waals surface area contributed by atoms with E-state index in [9.17, 15) is 14.4 Å². The molecule has 2 fully saturated rings. The van der Waals surface area contributed by atoms with Crippen LogP contribution in [0.15, 0.2) is 11.4 Å². The third-order valence-electron chi connectivity index (χ3n) is 5.15. The number of rotatable bonds is 5. The minimum atomic E-state index is -0.0887. The van der Waals surface area contributed by atoms with Gasteiger partial charge in [0.2, 0.25) is 11.8 Å². The first kappa shape index (κ1) is 18.1. The van der Waals surface area contributed by atoms with Crippen molar-refractivity contribution in [2.45, 2.75) is 70.4 Å². The molecule has 0 aromatic carbocycles. The fourth-order valence-electron chi connectivity index (χ4n) is 3.87. The number of carbonyl (C=O) groups excluding carboxylic acids is 3. The van der Waals surface area contributed by atoms with Gasteiger partial charge in [-0.05, 0) is 36.8 Å². The smallest absolute Gasteiger partial charge is 0.225 e. The normalized spacial score (nSPS) is 22.0. The Bertz CT molecular complexity index is 647. The number of carbonyl (C=O) groups is 3. The van der Waals surface area contributed by atoms with Crippen LogP contribution in [-0.4, -0.2) is 41.1 Å². The standard InChI is InChI=1S/C19H26N2O3S/c1-13(22)17-8-14(12-25-17)9-18(23)20-15-10-19(24)21(11-15)16-6-4-2-3-5-7-16/h8,12,15-16H,2-7,9-11H2,1H3,(H,20,23). The Kier molecular flexibility index (Phi) is 5.89. The number of hydrogen-bond acceptors (Lipinski definition) is 4. The van der Waals surface area contributed by atoms with Crippen LogP contribution in [0.1, 0.15) is 67.1 Å². The number of nitrogens with one attached hydrogen (secondary N) is 1. The molecule has 1 atom stereocenters. The average Bonchev–Trinajstić information content (AvgIpc) is 3.05. The lowest BCUT2D eigenvalue weighted by molar-refractivity contribution is -0.129. The molecular formula is C19H26N2O3S. The van der Waals surface area contributed by atoms with Crippen molar-refractivity contribution in [2.24, 2.45) is 0 Å². The molecule has 0 bridgehead atoms. The van der Waals surface area contributed by atoms with Crippen molar-refractivity contribution in [2.75, 3.05) is 6.54 Å². The SMILES string of the molecule is CC(=O)c1cc(CC(=O)NC2CC(=O)N(C3CCCCCC3)C2)cs1. The summed E-state index contributed by atoms with van der Waals surface area (Å²) in [5, 5.41) is 4.85. The molecule has 2 heterocycles. The minimum Gasteiger partial charge on any atom is -0.351 e. The summed E-state index contributed by atoms with van der Waals surface area (Å²) in [4.78, 5) is 38.6. The highest BCUT2D eigenvalue weighted by Crippen LogP contribution is 2.26. The number of Topliss-reactive ketones (excluding diaryl/α,β-unsaturated/α-hetero) is 1. The van der Waals surface area contributed by atoms with Gasteiger partial charge in [0.1, 0.15) is 0 Å². The van der Waals surface area contributed by atoms with Crippen LogP contribution < -0.4 is 5.32 Å². The highest BCUT2D eigenvalue weighted by molar-refractivity contribution is 7.12. The Balaban J connectivity index is 1.51. The second-order valence-electron chi connectivity index (χ2n) is 7.21. The summed E-state index contributed by atoms with van der Waals surface area (Å²) in [6.45, 7) is 2.17.